The highest BCUT2D eigenvalue weighted by Crippen LogP contribution is 2.41. The lowest BCUT2D eigenvalue weighted by atomic mass is 9.99. The number of likely N-dealkylation sites (N-methyl/N-ethyl adjacent to an activating group) is 1. The van der Waals surface area contributed by atoms with E-state index in [1.807, 2.05) is 4.90 Å². The van der Waals surface area contributed by atoms with Crippen molar-refractivity contribution in [1.82, 2.24) is 20.2 Å². The van der Waals surface area contributed by atoms with Crippen molar-refractivity contribution >= 4 is 57.4 Å². The quantitative estimate of drug-likeness (QED) is 0.287. The molecule has 0 saturated carbocycles. The molecule has 9 nitrogen and oxygen atoms in total. The van der Waals surface area contributed by atoms with Gasteiger partial charge in [-0.2, -0.15) is 0 Å². The van der Waals surface area contributed by atoms with E-state index in [1.165, 1.54) is 31.6 Å². The van der Waals surface area contributed by atoms with Crippen molar-refractivity contribution in [3.05, 3.63) is 59.1 Å². The molecule has 3 heterocycles. The third-order valence-electron chi connectivity index (χ3n) is 7.04. The number of carbonyl (C=O) groups excluding carboxylic acids is 2. The van der Waals surface area contributed by atoms with Gasteiger partial charge >= 0.3 is 0 Å². The van der Waals surface area contributed by atoms with Gasteiger partial charge in [0.25, 0.3) is 5.91 Å². The van der Waals surface area contributed by atoms with E-state index in [1.54, 1.807) is 12.1 Å². The number of carbonyl (C=O) groups is 2. The Morgan fingerprint density at radius 1 is 1.18 bits per heavy atom. The zero-order chi connectivity index (χ0) is 27.7. The van der Waals surface area contributed by atoms with Gasteiger partial charge in [0.05, 0.1) is 21.2 Å². The summed E-state index contributed by atoms with van der Waals surface area (Å²) in [6, 6.07) is 6.42. The first-order chi connectivity index (χ1) is 18.8. The molecule has 3 atom stereocenters. The van der Waals surface area contributed by atoms with Crippen molar-refractivity contribution in [2.24, 2.45) is 0 Å². The SMILES string of the molecule is C=CC(=O)N1C2CC[C@H]1C[C@H](Oc1cc3c(Nc4ccc(Cl)c(Cl)c4F)ncnc3cc1OCC(=O)NC)C2. The Hall–Kier alpha value is -3.63. The summed E-state index contributed by atoms with van der Waals surface area (Å²) in [7, 11) is 1.52. The average molecular weight is 574 g/mol. The molecule has 1 unspecified atom stereocenters. The molecule has 2 amide bonds. The van der Waals surface area contributed by atoms with Crippen molar-refractivity contribution in [3.63, 3.8) is 0 Å². The fourth-order valence-corrected chi connectivity index (χ4v) is 5.51. The molecule has 2 aliphatic rings. The van der Waals surface area contributed by atoms with E-state index < -0.39 is 5.82 Å². The second kappa shape index (κ2) is 11.2. The van der Waals surface area contributed by atoms with Crippen molar-refractivity contribution in [1.29, 1.82) is 0 Å². The van der Waals surface area contributed by atoms with Crippen LogP contribution in [0, 0.1) is 5.82 Å². The van der Waals surface area contributed by atoms with Gasteiger partial charge in [-0.1, -0.05) is 29.8 Å². The molecule has 1 aromatic heterocycles. The van der Waals surface area contributed by atoms with Gasteiger partial charge in [-0.3, -0.25) is 9.59 Å². The standard InChI is InChI=1S/C27H26Cl2FN5O4/c1-3-24(37)35-14-4-5-15(35)9-16(8-14)39-22-10-17-20(11-21(22)38-12-23(36)31-2)32-13-33-27(17)34-19-7-6-18(28)25(29)26(19)30/h3,6-7,10-11,13-16H,1,4-5,8-9,12H2,2H3,(H,31,36)(H,32,33,34)/t14-,15?,16-/m0/s1. The highest BCUT2D eigenvalue weighted by atomic mass is 35.5. The van der Waals surface area contributed by atoms with Crippen molar-refractivity contribution in [3.8, 4) is 11.5 Å². The lowest BCUT2D eigenvalue weighted by Gasteiger charge is -2.38. The molecule has 2 aliphatic heterocycles. The summed E-state index contributed by atoms with van der Waals surface area (Å²) in [6.07, 6.45) is 5.59. The number of ether oxygens (including phenoxy) is 2. The first-order valence-electron chi connectivity index (χ1n) is 12.4. The van der Waals surface area contributed by atoms with Crippen LogP contribution in [0.15, 0.2) is 43.2 Å². The van der Waals surface area contributed by atoms with E-state index in [0.717, 1.165) is 12.8 Å². The summed E-state index contributed by atoms with van der Waals surface area (Å²) in [6.45, 7) is 3.41. The number of hydrogen-bond donors (Lipinski definition) is 2. The van der Waals surface area contributed by atoms with E-state index >= 15 is 0 Å². The van der Waals surface area contributed by atoms with Crippen LogP contribution in [0.1, 0.15) is 25.7 Å². The molecule has 3 aromatic rings. The smallest absolute Gasteiger partial charge is 0.257 e. The van der Waals surface area contributed by atoms with Gasteiger partial charge in [0.15, 0.2) is 23.9 Å². The molecule has 2 bridgehead atoms. The predicted octanol–water partition coefficient (Wildman–Crippen LogP) is 5.03. The van der Waals surface area contributed by atoms with Gasteiger partial charge in [-0.15, -0.1) is 0 Å². The number of rotatable bonds is 8. The fraction of sp³-hybridized carbons (Fsp3) is 0.333. The maximum Gasteiger partial charge on any atom is 0.257 e. The Morgan fingerprint density at radius 3 is 2.62 bits per heavy atom. The molecule has 5 rings (SSSR count). The van der Waals surface area contributed by atoms with Crippen molar-refractivity contribution < 1.29 is 23.5 Å². The molecule has 39 heavy (non-hydrogen) atoms. The summed E-state index contributed by atoms with van der Waals surface area (Å²) >= 11 is 11.9. The van der Waals surface area contributed by atoms with Crippen LogP contribution in [0.4, 0.5) is 15.9 Å². The van der Waals surface area contributed by atoms with Crippen LogP contribution in [0.5, 0.6) is 11.5 Å². The average Bonchev–Trinajstić information content (AvgIpc) is 3.21. The molecule has 0 spiro atoms. The maximum atomic E-state index is 14.8. The number of nitrogens with one attached hydrogen (secondary N) is 2. The molecule has 0 aliphatic carbocycles. The number of benzene rings is 2. The largest absolute Gasteiger partial charge is 0.486 e. The van der Waals surface area contributed by atoms with E-state index in [-0.39, 0.29) is 52.3 Å². The third-order valence-corrected chi connectivity index (χ3v) is 7.82. The Morgan fingerprint density at radius 2 is 1.92 bits per heavy atom. The van der Waals surface area contributed by atoms with Gasteiger partial charge in [0.2, 0.25) is 5.91 Å². The maximum absolute atomic E-state index is 14.8. The monoisotopic (exact) mass is 573 g/mol. The minimum atomic E-state index is -0.714. The Balaban J connectivity index is 1.48. The van der Waals surface area contributed by atoms with E-state index in [4.69, 9.17) is 32.7 Å². The van der Waals surface area contributed by atoms with Crippen molar-refractivity contribution in [2.45, 2.75) is 43.9 Å². The minimum Gasteiger partial charge on any atom is -0.486 e. The molecule has 2 fully saturated rings. The molecule has 204 valence electrons. The number of piperidine rings is 1. The summed E-state index contributed by atoms with van der Waals surface area (Å²) in [5.41, 5.74) is 0.571. The molecule has 2 aromatic carbocycles. The Kier molecular flexibility index (Phi) is 7.76. The van der Waals surface area contributed by atoms with E-state index in [9.17, 15) is 14.0 Å². The van der Waals surface area contributed by atoms with Crippen LogP contribution >= 0.6 is 23.2 Å². The minimum absolute atomic E-state index is 0.0631. The number of hydrogen-bond acceptors (Lipinski definition) is 7. The summed E-state index contributed by atoms with van der Waals surface area (Å²) in [4.78, 5) is 34.8. The highest BCUT2D eigenvalue weighted by Gasteiger charge is 2.43. The highest BCUT2D eigenvalue weighted by molar-refractivity contribution is 6.42. The Labute approximate surface area is 234 Å². The van der Waals surface area contributed by atoms with Gasteiger partial charge in [-0.25, -0.2) is 14.4 Å². The van der Waals surface area contributed by atoms with E-state index in [2.05, 4.69) is 27.2 Å². The second-order valence-electron chi connectivity index (χ2n) is 9.39. The first kappa shape index (κ1) is 27.0. The second-order valence-corrected chi connectivity index (χ2v) is 10.2. The molecule has 2 N–H and O–H groups in total. The number of anilines is 2. The zero-order valence-electron chi connectivity index (χ0n) is 21.0. The Bertz CT molecular complexity index is 1440. The van der Waals surface area contributed by atoms with Gasteiger partial charge in [-0.05, 0) is 37.1 Å². The number of nitrogens with zero attached hydrogens (tertiary/aromatic N) is 3. The number of amides is 2. The summed E-state index contributed by atoms with van der Waals surface area (Å²) < 4.78 is 27.0. The third kappa shape index (κ3) is 5.44. The van der Waals surface area contributed by atoms with E-state index in [0.29, 0.717) is 41.1 Å². The van der Waals surface area contributed by atoms with Crippen molar-refractivity contribution in [2.75, 3.05) is 19.0 Å². The fourth-order valence-electron chi connectivity index (χ4n) is 5.20. The molecule has 12 heteroatoms. The lowest BCUT2D eigenvalue weighted by Crippen LogP contribution is -2.48. The van der Waals surface area contributed by atoms with Crippen LogP contribution < -0.4 is 20.1 Å². The summed E-state index contributed by atoms with van der Waals surface area (Å²) in [5, 5.41) is 5.91. The van der Waals surface area contributed by atoms with Gasteiger partial charge in [0, 0.05) is 43.4 Å². The van der Waals surface area contributed by atoms with Crippen LogP contribution in [0.25, 0.3) is 10.9 Å². The summed E-state index contributed by atoms with van der Waals surface area (Å²) in [5.74, 6) is -0.0694. The van der Waals surface area contributed by atoms with Gasteiger partial charge < -0.3 is 25.0 Å². The van der Waals surface area contributed by atoms with Crippen LogP contribution in [-0.2, 0) is 9.59 Å². The van der Waals surface area contributed by atoms with Crippen LogP contribution in [0.2, 0.25) is 10.0 Å². The normalized spacial score (nSPS) is 20.0. The zero-order valence-corrected chi connectivity index (χ0v) is 22.6. The first-order valence-corrected chi connectivity index (χ1v) is 13.2. The van der Waals surface area contributed by atoms with Gasteiger partial charge in [0.1, 0.15) is 18.2 Å². The molecule has 0 radical (unpaired) electrons. The molecular formula is C27H26Cl2FN5O4. The lowest BCUT2D eigenvalue weighted by molar-refractivity contribution is -0.131. The van der Waals surface area contributed by atoms with Crippen LogP contribution in [-0.4, -0.2) is 58.5 Å². The number of fused-ring (bicyclic) bond motifs is 3. The predicted molar refractivity (Wildman–Crippen MR) is 146 cm³/mol. The number of aromatic nitrogens is 2. The molecular weight excluding hydrogens is 548 g/mol. The van der Waals surface area contributed by atoms with Crippen LogP contribution in [0.3, 0.4) is 0 Å². The molecule has 2 saturated heterocycles. The number of halogens is 3. The topological polar surface area (TPSA) is 106 Å².